The number of hydrogen-bond donors (Lipinski definition) is 0. The number of ketones is 1. The molecule has 0 saturated carbocycles. The smallest absolute Gasteiger partial charge is 0.181 e. The minimum Gasteiger partial charge on any atom is -0.292 e. The third-order valence-corrected chi connectivity index (χ3v) is 2.99. The Labute approximate surface area is 108 Å². The Kier molecular flexibility index (Phi) is 6.87. The van der Waals surface area contributed by atoms with Crippen LogP contribution in [0.5, 0.6) is 0 Å². The SMILES string of the molecule is CCCCCCCCC(=O)c1ccc(Cl)cn1. The van der Waals surface area contributed by atoms with Crippen molar-refractivity contribution in [2.24, 2.45) is 0 Å². The summed E-state index contributed by atoms with van der Waals surface area (Å²) in [7, 11) is 0. The van der Waals surface area contributed by atoms with Gasteiger partial charge in [0.1, 0.15) is 5.69 Å². The summed E-state index contributed by atoms with van der Waals surface area (Å²) in [6.45, 7) is 2.20. The standard InChI is InChI=1S/C14H20ClNO/c1-2-3-4-5-6-7-8-14(17)13-10-9-12(15)11-16-13/h9-11H,2-8H2,1H3. The first-order valence-corrected chi connectivity index (χ1v) is 6.76. The summed E-state index contributed by atoms with van der Waals surface area (Å²) in [5.74, 6) is 0.122. The van der Waals surface area contributed by atoms with Crippen LogP contribution in [0.2, 0.25) is 5.02 Å². The van der Waals surface area contributed by atoms with Gasteiger partial charge in [0.15, 0.2) is 5.78 Å². The lowest BCUT2D eigenvalue weighted by atomic mass is 10.1. The van der Waals surface area contributed by atoms with Gasteiger partial charge in [-0.2, -0.15) is 0 Å². The minimum atomic E-state index is 0.122. The van der Waals surface area contributed by atoms with Crippen LogP contribution in [0.4, 0.5) is 0 Å². The van der Waals surface area contributed by atoms with E-state index in [1.54, 1.807) is 12.1 Å². The molecule has 0 saturated heterocycles. The average molecular weight is 254 g/mol. The number of hydrogen-bond acceptors (Lipinski definition) is 2. The largest absolute Gasteiger partial charge is 0.292 e. The normalized spacial score (nSPS) is 10.5. The van der Waals surface area contributed by atoms with Crippen LogP contribution >= 0.6 is 11.6 Å². The third kappa shape index (κ3) is 5.83. The maximum absolute atomic E-state index is 11.7. The number of nitrogens with zero attached hydrogens (tertiary/aromatic N) is 1. The van der Waals surface area contributed by atoms with E-state index in [0.717, 1.165) is 12.8 Å². The van der Waals surface area contributed by atoms with Crippen molar-refractivity contribution in [2.75, 3.05) is 0 Å². The van der Waals surface area contributed by atoms with Crippen LogP contribution in [0.1, 0.15) is 62.4 Å². The molecule has 0 N–H and O–H groups in total. The molecule has 0 aromatic carbocycles. The molecule has 1 rings (SSSR count). The molecule has 3 heteroatoms. The fourth-order valence-electron chi connectivity index (χ4n) is 1.73. The fourth-order valence-corrected chi connectivity index (χ4v) is 1.85. The number of pyridine rings is 1. The number of carbonyl (C=O) groups is 1. The van der Waals surface area contributed by atoms with Gasteiger partial charge in [-0.25, -0.2) is 0 Å². The zero-order valence-corrected chi connectivity index (χ0v) is 11.2. The molecule has 0 unspecified atom stereocenters. The third-order valence-electron chi connectivity index (χ3n) is 2.77. The molecular formula is C14H20ClNO. The predicted molar refractivity (Wildman–Crippen MR) is 71.6 cm³/mol. The summed E-state index contributed by atoms with van der Waals surface area (Å²) < 4.78 is 0. The Balaban J connectivity index is 2.19. The second kappa shape index (κ2) is 8.24. The first kappa shape index (κ1) is 14.2. The first-order valence-electron chi connectivity index (χ1n) is 6.38. The summed E-state index contributed by atoms with van der Waals surface area (Å²) in [6.07, 6.45) is 9.29. The molecule has 0 aliphatic carbocycles. The van der Waals surface area contributed by atoms with Gasteiger partial charge in [0, 0.05) is 12.6 Å². The highest BCUT2D eigenvalue weighted by molar-refractivity contribution is 6.30. The molecule has 0 radical (unpaired) electrons. The lowest BCUT2D eigenvalue weighted by Crippen LogP contribution is -2.01. The Bertz CT molecular complexity index is 335. The number of unbranched alkanes of at least 4 members (excludes halogenated alkanes) is 5. The highest BCUT2D eigenvalue weighted by Gasteiger charge is 2.06. The molecule has 2 nitrogen and oxygen atoms in total. The zero-order valence-electron chi connectivity index (χ0n) is 10.4. The molecule has 0 atom stereocenters. The molecule has 0 aliphatic heterocycles. The van der Waals surface area contributed by atoms with Crippen LogP contribution in [0.15, 0.2) is 18.3 Å². The molecule has 1 aromatic rings. The number of aromatic nitrogens is 1. The highest BCUT2D eigenvalue weighted by atomic mass is 35.5. The fraction of sp³-hybridized carbons (Fsp3) is 0.571. The van der Waals surface area contributed by atoms with Crippen molar-refractivity contribution in [2.45, 2.75) is 51.9 Å². The Morgan fingerprint density at radius 3 is 2.53 bits per heavy atom. The Morgan fingerprint density at radius 2 is 1.88 bits per heavy atom. The second-order valence-corrected chi connectivity index (χ2v) is 4.74. The lowest BCUT2D eigenvalue weighted by molar-refractivity contribution is 0.0974. The van der Waals surface area contributed by atoms with Crippen LogP contribution in [-0.2, 0) is 0 Å². The summed E-state index contributed by atoms with van der Waals surface area (Å²) in [4.78, 5) is 15.8. The maximum atomic E-state index is 11.7. The van der Waals surface area contributed by atoms with Crippen molar-refractivity contribution in [3.05, 3.63) is 29.0 Å². The zero-order chi connectivity index (χ0) is 12.5. The van der Waals surface area contributed by atoms with Crippen molar-refractivity contribution in [3.8, 4) is 0 Å². The molecule has 0 fully saturated rings. The molecule has 94 valence electrons. The summed E-state index contributed by atoms with van der Waals surface area (Å²) >= 11 is 5.72. The van der Waals surface area contributed by atoms with E-state index >= 15 is 0 Å². The monoisotopic (exact) mass is 253 g/mol. The molecule has 0 bridgehead atoms. The van der Waals surface area contributed by atoms with Gasteiger partial charge in [-0.1, -0.05) is 50.6 Å². The van der Waals surface area contributed by atoms with Gasteiger partial charge < -0.3 is 0 Å². The molecule has 1 aromatic heterocycles. The molecule has 0 spiro atoms. The maximum Gasteiger partial charge on any atom is 0.181 e. The van der Waals surface area contributed by atoms with E-state index in [1.165, 1.54) is 31.9 Å². The topological polar surface area (TPSA) is 30.0 Å². The van der Waals surface area contributed by atoms with Gasteiger partial charge in [-0.3, -0.25) is 9.78 Å². The summed E-state index contributed by atoms with van der Waals surface area (Å²) in [6, 6.07) is 3.41. The van der Waals surface area contributed by atoms with Gasteiger partial charge in [0.05, 0.1) is 5.02 Å². The highest BCUT2D eigenvalue weighted by Crippen LogP contribution is 2.11. The van der Waals surface area contributed by atoms with Crippen molar-refractivity contribution < 1.29 is 4.79 Å². The molecule has 0 amide bonds. The van der Waals surface area contributed by atoms with E-state index in [1.807, 2.05) is 0 Å². The number of carbonyl (C=O) groups excluding carboxylic acids is 1. The van der Waals surface area contributed by atoms with Gasteiger partial charge in [-0.05, 0) is 18.6 Å². The molecule has 17 heavy (non-hydrogen) atoms. The van der Waals surface area contributed by atoms with Crippen molar-refractivity contribution >= 4 is 17.4 Å². The van der Waals surface area contributed by atoms with Crippen molar-refractivity contribution in [3.63, 3.8) is 0 Å². The van der Waals surface area contributed by atoms with E-state index in [0.29, 0.717) is 17.1 Å². The molecule has 1 heterocycles. The van der Waals surface area contributed by atoms with E-state index in [2.05, 4.69) is 11.9 Å². The Hall–Kier alpha value is -0.890. The van der Waals surface area contributed by atoms with E-state index in [9.17, 15) is 4.79 Å². The minimum absolute atomic E-state index is 0.122. The lowest BCUT2D eigenvalue weighted by Gasteiger charge is -2.01. The van der Waals surface area contributed by atoms with Crippen LogP contribution < -0.4 is 0 Å². The molecular weight excluding hydrogens is 234 g/mol. The first-order chi connectivity index (χ1) is 8.24. The van der Waals surface area contributed by atoms with Crippen LogP contribution in [0.3, 0.4) is 0 Å². The van der Waals surface area contributed by atoms with Gasteiger partial charge in [0.25, 0.3) is 0 Å². The Morgan fingerprint density at radius 1 is 1.18 bits per heavy atom. The summed E-state index contributed by atoms with van der Waals surface area (Å²) in [5, 5.41) is 0.570. The van der Waals surface area contributed by atoms with Crippen LogP contribution in [0, 0.1) is 0 Å². The number of halogens is 1. The predicted octanol–water partition coefficient (Wildman–Crippen LogP) is 4.67. The second-order valence-electron chi connectivity index (χ2n) is 4.30. The number of rotatable bonds is 8. The van der Waals surface area contributed by atoms with Gasteiger partial charge in [0.2, 0.25) is 0 Å². The quantitative estimate of drug-likeness (QED) is 0.498. The van der Waals surface area contributed by atoms with E-state index in [4.69, 9.17) is 11.6 Å². The average Bonchev–Trinajstić information content (AvgIpc) is 2.34. The van der Waals surface area contributed by atoms with E-state index in [-0.39, 0.29) is 5.78 Å². The number of Topliss-reactive ketones (excluding diaryl/α,β-unsaturated/α-hetero) is 1. The van der Waals surface area contributed by atoms with Crippen molar-refractivity contribution in [1.29, 1.82) is 0 Å². The van der Waals surface area contributed by atoms with Crippen LogP contribution in [-0.4, -0.2) is 10.8 Å². The summed E-state index contributed by atoms with van der Waals surface area (Å²) in [5.41, 5.74) is 0.531. The molecule has 0 aliphatic rings. The van der Waals surface area contributed by atoms with E-state index < -0.39 is 0 Å². The van der Waals surface area contributed by atoms with Crippen LogP contribution in [0.25, 0.3) is 0 Å². The van der Waals surface area contributed by atoms with Gasteiger partial charge >= 0.3 is 0 Å². The van der Waals surface area contributed by atoms with Gasteiger partial charge in [-0.15, -0.1) is 0 Å². The van der Waals surface area contributed by atoms with Crippen molar-refractivity contribution in [1.82, 2.24) is 4.98 Å².